The van der Waals surface area contributed by atoms with Crippen LogP contribution in [-0.2, 0) is 4.74 Å². The molecule has 4 nitrogen and oxygen atoms in total. The summed E-state index contributed by atoms with van der Waals surface area (Å²) >= 11 is 8.03. The Labute approximate surface area is 192 Å². The second kappa shape index (κ2) is 10.8. The van der Waals surface area contributed by atoms with Gasteiger partial charge in [0.1, 0.15) is 5.82 Å². The van der Waals surface area contributed by atoms with E-state index in [9.17, 15) is 9.18 Å². The lowest BCUT2D eigenvalue weighted by atomic mass is 10.0. The molecule has 2 aromatic rings. The molecule has 2 aliphatic heterocycles. The molecule has 0 aromatic heterocycles. The van der Waals surface area contributed by atoms with Crippen molar-refractivity contribution < 1.29 is 13.9 Å². The Bertz CT molecular complexity index is 881. The quantitative estimate of drug-likeness (QED) is 0.539. The van der Waals surface area contributed by atoms with Gasteiger partial charge in [0.05, 0.1) is 17.7 Å². The van der Waals surface area contributed by atoms with Crippen LogP contribution in [0, 0.1) is 5.82 Å². The predicted molar refractivity (Wildman–Crippen MR) is 123 cm³/mol. The van der Waals surface area contributed by atoms with Gasteiger partial charge in [-0.2, -0.15) is 0 Å². The van der Waals surface area contributed by atoms with E-state index >= 15 is 0 Å². The third-order valence-corrected chi connectivity index (χ3v) is 7.49. The first-order valence-electron chi connectivity index (χ1n) is 10.9. The van der Waals surface area contributed by atoms with Gasteiger partial charge in [0.25, 0.3) is 5.91 Å². The fourth-order valence-electron chi connectivity index (χ4n) is 4.32. The largest absolute Gasteiger partial charge is 0.377 e. The average Bonchev–Trinajstić information content (AvgIpc) is 3.49. The van der Waals surface area contributed by atoms with E-state index in [0.717, 1.165) is 56.0 Å². The van der Waals surface area contributed by atoms with Gasteiger partial charge in [-0.25, -0.2) is 4.39 Å². The lowest BCUT2D eigenvalue weighted by Gasteiger charge is -2.29. The molecule has 2 fully saturated rings. The molecule has 0 aliphatic carbocycles. The molecule has 1 N–H and O–H groups in total. The molecule has 2 heterocycles. The number of thioether (sulfide) groups is 1. The molecule has 2 atom stereocenters. The standard InChI is InChI=1S/C24H28ClFN2O2S/c25-19-9-5-10-20(26)23(19)21(28-12-3-4-13-28)15-27-24(29)18-8-1-2-11-22(18)31-16-17-7-6-14-30-17/h1-2,5,8-11,17,21H,3-4,6-7,12-16H2,(H,27,29). The van der Waals surface area contributed by atoms with Gasteiger partial charge in [0, 0.05) is 34.4 Å². The number of nitrogens with one attached hydrogen (secondary N) is 1. The zero-order valence-corrected chi connectivity index (χ0v) is 19.1. The molecule has 2 saturated heterocycles. The fraction of sp³-hybridized carbons (Fsp3) is 0.458. The van der Waals surface area contributed by atoms with Gasteiger partial charge in [-0.1, -0.05) is 29.8 Å². The van der Waals surface area contributed by atoms with Crippen molar-refractivity contribution in [1.29, 1.82) is 0 Å². The number of hydrogen-bond donors (Lipinski definition) is 1. The molecule has 2 unspecified atom stereocenters. The van der Waals surface area contributed by atoms with Crippen LogP contribution >= 0.6 is 23.4 Å². The average molecular weight is 463 g/mol. The molecule has 166 valence electrons. The van der Waals surface area contributed by atoms with Crippen molar-refractivity contribution in [3.05, 3.63) is 64.4 Å². The Hall–Kier alpha value is -1.60. The van der Waals surface area contributed by atoms with E-state index in [0.29, 0.717) is 22.7 Å². The van der Waals surface area contributed by atoms with Crippen LogP contribution in [0.3, 0.4) is 0 Å². The summed E-state index contributed by atoms with van der Waals surface area (Å²) in [7, 11) is 0. The van der Waals surface area contributed by atoms with Crippen LogP contribution in [0.25, 0.3) is 0 Å². The highest BCUT2D eigenvalue weighted by Crippen LogP contribution is 2.32. The molecule has 0 saturated carbocycles. The summed E-state index contributed by atoms with van der Waals surface area (Å²) in [6.45, 7) is 2.88. The van der Waals surface area contributed by atoms with Crippen molar-refractivity contribution in [2.75, 3.05) is 32.0 Å². The molecule has 0 radical (unpaired) electrons. The third-order valence-electron chi connectivity index (χ3n) is 5.95. The van der Waals surface area contributed by atoms with E-state index in [-0.39, 0.29) is 23.9 Å². The molecule has 7 heteroatoms. The fourth-order valence-corrected chi connectivity index (χ4v) is 5.73. The maximum absolute atomic E-state index is 14.7. The number of benzene rings is 2. The minimum Gasteiger partial charge on any atom is -0.377 e. The summed E-state index contributed by atoms with van der Waals surface area (Å²) in [5, 5.41) is 3.45. The van der Waals surface area contributed by atoms with E-state index in [1.54, 1.807) is 23.9 Å². The first kappa shape index (κ1) is 22.6. The van der Waals surface area contributed by atoms with Gasteiger partial charge in [0.15, 0.2) is 0 Å². The van der Waals surface area contributed by atoms with E-state index in [1.807, 2.05) is 24.3 Å². The molecule has 31 heavy (non-hydrogen) atoms. The minimum atomic E-state index is -0.328. The highest BCUT2D eigenvalue weighted by Gasteiger charge is 2.28. The number of carbonyl (C=O) groups is 1. The maximum atomic E-state index is 14.7. The number of nitrogens with zero attached hydrogens (tertiary/aromatic N) is 1. The number of halogens is 2. The van der Waals surface area contributed by atoms with Crippen molar-refractivity contribution in [2.24, 2.45) is 0 Å². The Balaban J connectivity index is 1.47. The molecule has 1 amide bonds. The number of amides is 1. The lowest BCUT2D eigenvalue weighted by Crippen LogP contribution is -2.37. The monoisotopic (exact) mass is 462 g/mol. The van der Waals surface area contributed by atoms with E-state index in [4.69, 9.17) is 16.3 Å². The molecule has 0 spiro atoms. The minimum absolute atomic E-state index is 0.146. The molecule has 2 aromatic carbocycles. The highest BCUT2D eigenvalue weighted by molar-refractivity contribution is 7.99. The Kier molecular flexibility index (Phi) is 7.88. The summed E-state index contributed by atoms with van der Waals surface area (Å²) in [5.41, 5.74) is 1.11. The molecule has 4 rings (SSSR count). The highest BCUT2D eigenvalue weighted by atomic mass is 35.5. The third kappa shape index (κ3) is 5.61. The summed E-state index contributed by atoms with van der Waals surface area (Å²) in [6.07, 6.45) is 4.56. The van der Waals surface area contributed by atoms with Crippen molar-refractivity contribution in [3.63, 3.8) is 0 Å². The van der Waals surface area contributed by atoms with Gasteiger partial charge in [-0.15, -0.1) is 11.8 Å². The summed E-state index contributed by atoms with van der Waals surface area (Å²) in [4.78, 5) is 16.2. The van der Waals surface area contributed by atoms with Crippen LogP contribution in [-0.4, -0.2) is 48.9 Å². The Morgan fingerprint density at radius 1 is 1.19 bits per heavy atom. The second-order valence-corrected chi connectivity index (χ2v) is 9.52. The second-order valence-electron chi connectivity index (χ2n) is 8.05. The van der Waals surface area contributed by atoms with Crippen molar-refractivity contribution >= 4 is 29.3 Å². The SMILES string of the molecule is O=C(NCC(c1c(F)cccc1Cl)N1CCCC1)c1ccccc1SCC1CCCO1. The van der Waals surface area contributed by atoms with Crippen LogP contribution in [0.5, 0.6) is 0 Å². The first-order valence-corrected chi connectivity index (χ1v) is 12.3. The van der Waals surface area contributed by atoms with Crippen LogP contribution in [0.2, 0.25) is 5.02 Å². The number of carbonyl (C=O) groups excluding carboxylic acids is 1. The van der Waals surface area contributed by atoms with Crippen LogP contribution < -0.4 is 5.32 Å². The van der Waals surface area contributed by atoms with Crippen molar-refractivity contribution in [2.45, 2.75) is 42.7 Å². The maximum Gasteiger partial charge on any atom is 0.252 e. The number of likely N-dealkylation sites (tertiary alicyclic amines) is 1. The number of rotatable bonds is 8. The van der Waals surface area contributed by atoms with Crippen molar-refractivity contribution in [1.82, 2.24) is 10.2 Å². The number of hydrogen-bond acceptors (Lipinski definition) is 4. The van der Waals surface area contributed by atoms with Gasteiger partial charge in [-0.05, 0) is 63.0 Å². The van der Waals surface area contributed by atoms with Crippen molar-refractivity contribution in [3.8, 4) is 0 Å². The zero-order valence-electron chi connectivity index (χ0n) is 17.5. The summed E-state index contributed by atoms with van der Waals surface area (Å²) in [5.74, 6) is 0.365. The van der Waals surface area contributed by atoms with E-state index < -0.39 is 0 Å². The Morgan fingerprint density at radius 3 is 2.74 bits per heavy atom. The summed E-state index contributed by atoms with van der Waals surface area (Å²) < 4.78 is 20.4. The molecule has 0 bridgehead atoms. The van der Waals surface area contributed by atoms with Crippen LogP contribution in [0.4, 0.5) is 4.39 Å². The molecule has 2 aliphatic rings. The van der Waals surface area contributed by atoms with E-state index in [1.165, 1.54) is 6.07 Å². The van der Waals surface area contributed by atoms with Gasteiger partial charge in [-0.3, -0.25) is 9.69 Å². The predicted octanol–water partition coefficient (Wildman–Crippen LogP) is 5.32. The topological polar surface area (TPSA) is 41.6 Å². The zero-order chi connectivity index (χ0) is 21.6. The first-order chi connectivity index (χ1) is 15.1. The van der Waals surface area contributed by atoms with Gasteiger partial charge in [0.2, 0.25) is 0 Å². The molecular weight excluding hydrogens is 435 g/mol. The smallest absolute Gasteiger partial charge is 0.252 e. The number of ether oxygens (including phenoxy) is 1. The normalized spacial score (nSPS) is 20.1. The van der Waals surface area contributed by atoms with E-state index in [2.05, 4.69) is 10.2 Å². The molecular formula is C24H28ClFN2O2S. The lowest BCUT2D eigenvalue weighted by molar-refractivity contribution is 0.0934. The van der Waals surface area contributed by atoms with Gasteiger partial charge >= 0.3 is 0 Å². The Morgan fingerprint density at radius 2 is 2.00 bits per heavy atom. The van der Waals surface area contributed by atoms with Crippen LogP contribution in [0.15, 0.2) is 47.4 Å². The van der Waals surface area contributed by atoms with Crippen LogP contribution in [0.1, 0.15) is 47.6 Å². The summed E-state index contributed by atoms with van der Waals surface area (Å²) in [6, 6.07) is 12.1. The van der Waals surface area contributed by atoms with Gasteiger partial charge < -0.3 is 10.1 Å².